The normalized spacial score (nSPS) is 20.5. The van der Waals surface area contributed by atoms with Crippen molar-refractivity contribution in [2.75, 3.05) is 0 Å². The van der Waals surface area contributed by atoms with E-state index in [4.69, 9.17) is 23.2 Å². The fraction of sp³-hybridized carbons (Fsp3) is 0.167. The van der Waals surface area contributed by atoms with Gasteiger partial charge in [-0.3, -0.25) is 0 Å². The summed E-state index contributed by atoms with van der Waals surface area (Å²) in [5, 5.41) is 3.96. The Kier molecular flexibility index (Phi) is 6.34. The highest BCUT2D eigenvalue weighted by Gasteiger charge is 2.54. The van der Waals surface area contributed by atoms with Gasteiger partial charge < -0.3 is 0 Å². The van der Waals surface area contributed by atoms with E-state index in [-0.39, 0.29) is 23.7 Å². The molecule has 196 valence electrons. The second-order valence-corrected chi connectivity index (χ2v) is 11.9. The van der Waals surface area contributed by atoms with Crippen LogP contribution in [0.2, 0.25) is 10.0 Å². The number of hydrogen-bond acceptors (Lipinski definition) is 0. The van der Waals surface area contributed by atoms with E-state index >= 15 is 0 Å². The molecule has 1 aliphatic rings. The molecule has 2 aromatic heterocycles. The summed E-state index contributed by atoms with van der Waals surface area (Å²) >= 11 is 13.2. The monoisotopic (exact) mass is 560 g/mol. The third-order valence-corrected chi connectivity index (χ3v) is 9.36. The van der Waals surface area contributed by atoms with Crippen molar-refractivity contribution in [3.05, 3.63) is 154 Å². The molecule has 0 atom stereocenters. The average molecular weight is 562 g/mol. The maximum atomic E-state index is 6.61. The Labute approximate surface area is 245 Å². The molecule has 1 saturated carbocycles. The first-order valence-electron chi connectivity index (χ1n) is 13.8. The largest absolute Gasteiger partial charge is 0.212 e. The van der Waals surface area contributed by atoms with Gasteiger partial charge in [0.25, 0.3) is 0 Å². The summed E-state index contributed by atoms with van der Waals surface area (Å²) in [6, 6.07) is 39.2. The highest BCUT2D eigenvalue weighted by molar-refractivity contribution is 6.31. The Morgan fingerprint density at radius 3 is 1.27 bits per heavy atom. The van der Waals surface area contributed by atoms with Crippen LogP contribution in [-0.4, -0.2) is 0 Å². The van der Waals surface area contributed by atoms with E-state index in [1.54, 1.807) is 0 Å². The summed E-state index contributed by atoms with van der Waals surface area (Å²) in [6.07, 6.45) is 4.39. The van der Waals surface area contributed by atoms with Crippen LogP contribution in [0.4, 0.5) is 0 Å². The number of fused-ring (bicyclic) bond motifs is 2. The van der Waals surface area contributed by atoms with Crippen molar-refractivity contribution >= 4 is 45.0 Å². The van der Waals surface area contributed by atoms with Crippen molar-refractivity contribution < 1.29 is 9.13 Å². The van der Waals surface area contributed by atoms with Gasteiger partial charge in [0.1, 0.15) is 14.1 Å². The molecule has 0 saturated heterocycles. The van der Waals surface area contributed by atoms with Crippen LogP contribution in [0.3, 0.4) is 0 Å². The number of halogens is 2. The van der Waals surface area contributed by atoms with Crippen LogP contribution in [0.5, 0.6) is 0 Å². The van der Waals surface area contributed by atoms with Crippen LogP contribution in [0.15, 0.2) is 122 Å². The van der Waals surface area contributed by atoms with E-state index in [0.29, 0.717) is 0 Å². The summed E-state index contributed by atoms with van der Waals surface area (Å²) in [7, 11) is 4.21. The molecule has 1 fully saturated rings. The molecule has 0 unspecified atom stereocenters. The summed E-state index contributed by atoms with van der Waals surface area (Å²) in [5.74, 6) is 1.08. The number of nitrogens with zero attached hydrogens (tertiary/aromatic N) is 2. The van der Waals surface area contributed by atoms with Gasteiger partial charge in [0.05, 0.1) is 10.8 Å². The van der Waals surface area contributed by atoms with Crippen molar-refractivity contribution in [2.24, 2.45) is 14.1 Å². The van der Waals surface area contributed by atoms with Crippen molar-refractivity contribution in [3.63, 3.8) is 0 Å². The number of aromatic nitrogens is 2. The lowest BCUT2D eigenvalue weighted by molar-refractivity contribution is -0.645. The van der Waals surface area contributed by atoms with E-state index in [2.05, 4.69) is 133 Å². The minimum atomic E-state index is 0.264. The average Bonchev–Trinajstić information content (AvgIpc) is 2.96. The van der Waals surface area contributed by atoms with E-state index < -0.39 is 0 Å². The first-order valence-corrected chi connectivity index (χ1v) is 14.5. The summed E-state index contributed by atoms with van der Waals surface area (Å²) < 4.78 is 4.38. The van der Waals surface area contributed by atoms with Gasteiger partial charge in [-0.15, -0.1) is 0 Å². The van der Waals surface area contributed by atoms with Crippen molar-refractivity contribution in [1.29, 1.82) is 0 Å². The third kappa shape index (κ3) is 4.10. The quantitative estimate of drug-likeness (QED) is 0.191. The lowest BCUT2D eigenvalue weighted by Gasteiger charge is -2.54. The molecule has 2 nitrogen and oxygen atoms in total. The fourth-order valence-corrected chi connectivity index (χ4v) is 7.45. The zero-order valence-corrected chi connectivity index (χ0v) is 24.0. The lowest BCUT2D eigenvalue weighted by Crippen LogP contribution is -2.41. The predicted octanol–water partition coefficient (Wildman–Crippen LogP) is 8.40. The predicted molar refractivity (Wildman–Crippen MR) is 164 cm³/mol. The van der Waals surface area contributed by atoms with Gasteiger partial charge in [-0.2, -0.15) is 0 Å². The molecule has 0 radical (unpaired) electrons. The molecular weight excluding hydrogens is 531 g/mol. The van der Waals surface area contributed by atoms with Gasteiger partial charge in [-0.1, -0.05) is 83.9 Å². The van der Waals surface area contributed by atoms with Crippen LogP contribution < -0.4 is 9.13 Å². The fourth-order valence-electron chi connectivity index (χ4n) is 7.10. The highest BCUT2D eigenvalue weighted by Crippen LogP contribution is 2.67. The van der Waals surface area contributed by atoms with Crippen LogP contribution in [0.25, 0.3) is 21.8 Å². The molecule has 6 aromatic rings. The molecule has 0 amide bonds. The topological polar surface area (TPSA) is 7.76 Å². The minimum Gasteiger partial charge on any atom is -0.201 e. The molecule has 4 heteroatoms. The Hall–Kier alpha value is -3.72. The third-order valence-electron chi connectivity index (χ3n) is 8.89. The number of aryl methyl sites for hydroxylation is 2. The van der Waals surface area contributed by atoms with E-state index in [1.165, 1.54) is 44.1 Å². The number of benzene rings is 4. The van der Waals surface area contributed by atoms with Gasteiger partial charge in [-0.05, 0) is 70.2 Å². The molecular formula is C36H30Cl2N2+2. The maximum absolute atomic E-state index is 6.61. The second-order valence-electron chi connectivity index (χ2n) is 11.0. The summed E-state index contributed by atoms with van der Waals surface area (Å²) in [6.45, 7) is 0. The molecule has 4 aromatic carbocycles. The second kappa shape index (κ2) is 10.0. The smallest absolute Gasteiger partial charge is 0.201 e. The zero-order valence-electron chi connectivity index (χ0n) is 22.5. The van der Waals surface area contributed by atoms with E-state index in [9.17, 15) is 0 Å². The first kappa shape index (κ1) is 25.3. The van der Waals surface area contributed by atoms with Gasteiger partial charge >= 0.3 is 0 Å². The van der Waals surface area contributed by atoms with Crippen molar-refractivity contribution in [3.8, 4) is 0 Å². The number of pyridine rings is 2. The molecule has 0 bridgehead atoms. The SMILES string of the molecule is C[n+]1ccc(C2C(c3ccccc3)C(c3cc[n+](C)c4ccc(Cl)cc34)C2c2ccccc2)c2cc(Cl)ccc21. The van der Waals surface area contributed by atoms with Crippen molar-refractivity contribution in [1.82, 2.24) is 0 Å². The highest BCUT2D eigenvalue weighted by atomic mass is 35.5. The molecule has 0 aliphatic heterocycles. The molecule has 0 N–H and O–H groups in total. The lowest BCUT2D eigenvalue weighted by atomic mass is 9.48. The van der Waals surface area contributed by atoms with Crippen LogP contribution >= 0.6 is 23.2 Å². The maximum Gasteiger partial charge on any atom is 0.212 e. The molecule has 1 aliphatic carbocycles. The standard InChI is InChI=1S/C36H30Cl2N2/c1-39-19-17-27(29-21-25(37)13-15-31(29)39)35-33(23-9-5-3-6-10-23)36(34(35)24-11-7-4-8-12-24)28-18-20-40(2)32-16-14-26(38)22-30(28)32/h3-22,33-36H,1-2H3/q+2. The molecule has 40 heavy (non-hydrogen) atoms. The molecule has 0 spiro atoms. The Morgan fingerprint density at radius 1 is 0.475 bits per heavy atom. The van der Waals surface area contributed by atoms with Crippen LogP contribution in [0.1, 0.15) is 45.9 Å². The Morgan fingerprint density at radius 2 is 0.875 bits per heavy atom. The Balaban J connectivity index is 1.52. The van der Waals surface area contributed by atoms with Crippen molar-refractivity contribution in [2.45, 2.75) is 23.7 Å². The first-order chi connectivity index (χ1) is 19.5. The minimum absolute atomic E-state index is 0.264. The zero-order chi connectivity index (χ0) is 27.4. The summed E-state index contributed by atoms with van der Waals surface area (Å²) in [4.78, 5) is 0. The van der Waals surface area contributed by atoms with Gasteiger partial charge in [0.2, 0.25) is 11.0 Å². The van der Waals surface area contributed by atoms with E-state index in [0.717, 1.165) is 10.0 Å². The number of hydrogen-bond donors (Lipinski definition) is 0. The van der Waals surface area contributed by atoms with Crippen LogP contribution in [-0.2, 0) is 14.1 Å². The van der Waals surface area contributed by atoms with Gasteiger partial charge in [0, 0.05) is 34.3 Å². The summed E-state index contributed by atoms with van der Waals surface area (Å²) in [5.41, 5.74) is 7.78. The van der Waals surface area contributed by atoms with Gasteiger partial charge in [0.15, 0.2) is 12.4 Å². The van der Waals surface area contributed by atoms with E-state index in [1.807, 2.05) is 12.1 Å². The Bertz CT molecular complexity index is 1720. The van der Waals surface area contributed by atoms with Crippen LogP contribution in [0, 0.1) is 0 Å². The number of rotatable bonds is 4. The van der Waals surface area contributed by atoms with Gasteiger partial charge in [-0.25, -0.2) is 9.13 Å². The molecule has 7 rings (SSSR count). The molecule has 2 heterocycles.